The number of primary amides is 2. The monoisotopic (exact) mass is 996 g/mol. The summed E-state index contributed by atoms with van der Waals surface area (Å²) in [6, 6.07) is 17.9. The highest BCUT2D eigenvalue weighted by atomic mass is 19.4. The SMILES string of the molecule is C.COc1cc2c(cc1C(N)=O)nc(Nc1ccc(OC(F)(F)F)cc1)n2[C@@H]1C[C@H](C)CC(C)(C)C1.COc1cc2c(cc1C(N)=O)nc(Nc1ccc(OC(F)(F)F)cc1)n2[C@H]1C[C@@H](C)CC(C)(C)C1. The molecular formula is C51H62F6N8O6. The van der Waals surface area contributed by atoms with Crippen molar-refractivity contribution in [3.8, 4) is 23.0 Å². The molecule has 2 aliphatic carbocycles. The van der Waals surface area contributed by atoms with E-state index in [1.54, 1.807) is 24.3 Å². The number of nitrogens with two attached hydrogens (primary N) is 2. The van der Waals surface area contributed by atoms with Gasteiger partial charge in [-0.05, 0) is 122 Å². The standard InChI is InChI=1S/2C25H29F3N4O3.CH4/c2*1-14-9-16(13-24(2,3)12-14)32-20-11-21(34-4)18(22(29)33)10-19(20)31-23(32)30-15-5-7-17(8-6-15)35-25(26,27)28;/h2*5-8,10-11,14,16H,9,12-13H2,1-4H3,(H2,29,33)(H,30,31);1H4/t2*14-,16+;/m10./s1. The van der Waals surface area contributed by atoms with Crippen molar-refractivity contribution < 1.29 is 54.9 Å². The summed E-state index contributed by atoms with van der Waals surface area (Å²) >= 11 is 0. The van der Waals surface area contributed by atoms with Crippen LogP contribution in [-0.4, -0.2) is 57.9 Å². The second-order valence-corrected chi connectivity index (χ2v) is 20.0. The number of nitrogens with zero attached hydrogens (tertiary/aromatic N) is 4. The molecule has 2 aromatic heterocycles. The van der Waals surface area contributed by atoms with Gasteiger partial charge in [-0.3, -0.25) is 9.59 Å². The normalized spacial score (nSPS) is 19.7. The third-order valence-corrected chi connectivity index (χ3v) is 12.7. The lowest BCUT2D eigenvalue weighted by molar-refractivity contribution is -0.275. The van der Waals surface area contributed by atoms with Crippen LogP contribution in [0.25, 0.3) is 22.1 Å². The van der Waals surface area contributed by atoms with Gasteiger partial charge in [-0.1, -0.05) is 49.0 Å². The first-order valence-corrected chi connectivity index (χ1v) is 22.8. The average molecular weight is 997 g/mol. The van der Waals surface area contributed by atoms with Crippen molar-refractivity contribution in [3.05, 3.63) is 83.9 Å². The van der Waals surface area contributed by atoms with Crippen LogP contribution in [0.4, 0.5) is 49.6 Å². The van der Waals surface area contributed by atoms with Crippen LogP contribution < -0.4 is 41.0 Å². The molecule has 71 heavy (non-hydrogen) atoms. The first-order valence-electron chi connectivity index (χ1n) is 22.8. The van der Waals surface area contributed by atoms with E-state index >= 15 is 0 Å². The van der Waals surface area contributed by atoms with E-state index in [0.717, 1.165) is 49.6 Å². The van der Waals surface area contributed by atoms with Gasteiger partial charge in [0.25, 0.3) is 11.8 Å². The molecule has 2 saturated carbocycles. The second kappa shape index (κ2) is 20.5. The minimum Gasteiger partial charge on any atom is -0.496 e. The Morgan fingerprint density at radius 2 is 0.944 bits per heavy atom. The van der Waals surface area contributed by atoms with Gasteiger partial charge in [0, 0.05) is 35.6 Å². The third-order valence-electron chi connectivity index (χ3n) is 12.7. The van der Waals surface area contributed by atoms with E-state index in [2.05, 4.69) is 70.8 Å². The smallest absolute Gasteiger partial charge is 0.496 e. The van der Waals surface area contributed by atoms with Crippen molar-refractivity contribution in [3.63, 3.8) is 0 Å². The number of aromatic nitrogens is 4. The summed E-state index contributed by atoms with van der Waals surface area (Å²) in [5.74, 6) is 0.848. The number of rotatable bonds is 12. The number of methoxy groups -OCH3 is 2. The Morgan fingerprint density at radius 1 is 0.606 bits per heavy atom. The number of ether oxygens (including phenoxy) is 4. The highest BCUT2D eigenvalue weighted by molar-refractivity contribution is 6.01. The van der Waals surface area contributed by atoms with Gasteiger partial charge in [-0.15, -0.1) is 26.3 Å². The summed E-state index contributed by atoms with van der Waals surface area (Å²) in [6.45, 7) is 13.4. The average Bonchev–Trinajstić information content (AvgIpc) is 3.77. The molecule has 8 rings (SSSR count). The zero-order valence-corrected chi connectivity index (χ0v) is 40.1. The fraction of sp³-hybridized carbons (Fsp3) is 0.451. The maximum atomic E-state index is 12.5. The number of alkyl halides is 6. The van der Waals surface area contributed by atoms with E-state index in [0.29, 0.717) is 57.6 Å². The molecule has 2 aliphatic rings. The molecule has 2 heterocycles. The molecule has 2 amide bonds. The summed E-state index contributed by atoms with van der Waals surface area (Å²) < 4.78 is 98.1. The largest absolute Gasteiger partial charge is 0.573 e. The Kier molecular flexibility index (Phi) is 15.4. The lowest BCUT2D eigenvalue weighted by atomic mass is 9.70. The quantitative estimate of drug-likeness (QED) is 0.0861. The number of carbonyl (C=O) groups is 2. The number of hydrogen-bond donors (Lipinski definition) is 4. The highest BCUT2D eigenvalue weighted by Gasteiger charge is 2.37. The molecule has 0 aliphatic heterocycles. The van der Waals surface area contributed by atoms with E-state index in [9.17, 15) is 35.9 Å². The van der Waals surface area contributed by atoms with Crippen LogP contribution in [0.2, 0.25) is 0 Å². The van der Waals surface area contributed by atoms with Gasteiger partial charge in [0.15, 0.2) is 0 Å². The van der Waals surface area contributed by atoms with Crippen LogP contribution in [-0.2, 0) is 0 Å². The van der Waals surface area contributed by atoms with Gasteiger partial charge in [0.2, 0.25) is 11.9 Å². The molecular weight excluding hydrogens is 935 g/mol. The molecule has 2 fully saturated rings. The Hall–Kier alpha value is -6.86. The summed E-state index contributed by atoms with van der Waals surface area (Å²) in [4.78, 5) is 33.4. The summed E-state index contributed by atoms with van der Waals surface area (Å²) in [6.07, 6.45) is -3.62. The predicted octanol–water partition coefficient (Wildman–Crippen LogP) is 13.0. The van der Waals surface area contributed by atoms with E-state index in [-0.39, 0.29) is 53.0 Å². The zero-order valence-electron chi connectivity index (χ0n) is 40.1. The van der Waals surface area contributed by atoms with Crippen LogP contribution in [0.1, 0.15) is 120 Å². The predicted molar refractivity (Wildman–Crippen MR) is 261 cm³/mol. The van der Waals surface area contributed by atoms with Crippen LogP contribution in [0.3, 0.4) is 0 Å². The van der Waals surface area contributed by atoms with Gasteiger partial charge in [-0.25, -0.2) is 9.97 Å². The van der Waals surface area contributed by atoms with Crippen LogP contribution in [0.5, 0.6) is 23.0 Å². The first kappa shape index (κ1) is 53.5. The zero-order chi connectivity index (χ0) is 51.1. The van der Waals surface area contributed by atoms with Crippen molar-refractivity contribution >= 4 is 57.2 Å². The molecule has 0 unspecified atom stereocenters. The fourth-order valence-electron chi connectivity index (χ4n) is 10.6. The molecule has 14 nitrogen and oxygen atoms in total. The summed E-state index contributed by atoms with van der Waals surface area (Å²) in [5, 5.41) is 6.47. The summed E-state index contributed by atoms with van der Waals surface area (Å²) in [7, 11) is 2.95. The number of hydrogen-bond acceptors (Lipinski definition) is 10. The van der Waals surface area contributed by atoms with Crippen molar-refractivity contribution in [2.75, 3.05) is 24.9 Å². The molecule has 6 N–H and O–H groups in total. The van der Waals surface area contributed by atoms with Gasteiger partial charge in [0.1, 0.15) is 23.0 Å². The number of imidazole rings is 2. The lowest BCUT2D eigenvalue weighted by Crippen LogP contribution is -2.29. The van der Waals surface area contributed by atoms with Crippen LogP contribution >= 0.6 is 0 Å². The van der Waals surface area contributed by atoms with Crippen LogP contribution in [0.15, 0.2) is 72.8 Å². The molecule has 0 saturated heterocycles. The molecule has 384 valence electrons. The van der Waals surface area contributed by atoms with Crippen molar-refractivity contribution in [1.29, 1.82) is 0 Å². The van der Waals surface area contributed by atoms with E-state index in [1.165, 1.54) is 62.8 Å². The lowest BCUT2D eigenvalue weighted by Gasteiger charge is -2.40. The molecule has 4 aromatic carbocycles. The fourth-order valence-corrected chi connectivity index (χ4v) is 10.6. The molecule has 0 bridgehead atoms. The maximum Gasteiger partial charge on any atom is 0.573 e. The Bertz CT molecular complexity index is 2660. The van der Waals surface area contributed by atoms with E-state index in [1.807, 2.05) is 0 Å². The van der Waals surface area contributed by atoms with Gasteiger partial charge in [-0.2, -0.15) is 0 Å². The maximum absolute atomic E-state index is 12.5. The van der Waals surface area contributed by atoms with E-state index in [4.69, 9.17) is 30.9 Å². The number of carbonyl (C=O) groups excluding carboxylic acids is 2. The molecule has 6 aromatic rings. The Labute approximate surface area is 408 Å². The highest BCUT2D eigenvalue weighted by Crippen LogP contribution is 2.48. The van der Waals surface area contributed by atoms with Gasteiger partial charge in [0.05, 0.1) is 47.4 Å². The summed E-state index contributed by atoms with van der Waals surface area (Å²) in [5.41, 5.74) is 15.5. The second-order valence-electron chi connectivity index (χ2n) is 20.0. The van der Waals surface area contributed by atoms with E-state index < -0.39 is 24.5 Å². The number of halogens is 6. The number of benzene rings is 4. The number of fused-ring (bicyclic) bond motifs is 2. The molecule has 4 atom stereocenters. The number of nitrogens with one attached hydrogen (secondary N) is 2. The van der Waals surface area contributed by atoms with Gasteiger partial charge >= 0.3 is 12.7 Å². The first-order chi connectivity index (χ1) is 32.7. The Morgan fingerprint density at radius 3 is 1.23 bits per heavy atom. The number of amides is 2. The third kappa shape index (κ3) is 12.9. The molecule has 20 heteroatoms. The van der Waals surface area contributed by atoms with Crippen molar-refractivity contribution in [1.82, 2.24) is 19.1 Å². The van der Waals surface area contributed by atoms with Crippen molar-refractivity contribution in [2.24, 2.45) is 34.1 Å². The number of anilines is 4. The molecule has 0 spiro atoms. The topological polar surface area (TPSA) is 183 Å². The minimum absolute atomic E-state index is 0. The minimum atomic E-state index is -4.76. The van der Waals surface area contributed by atoms with Crippen molar-refractivity contribution in [2.45, 2.75) is 112 Å². The van der Waals surface area contributed by atoms with Gasteiger partial charge < -0.3 is 50.2 Å². The van der Waals surface area contributed by atoms with Crippen LogP contribution in [0, 0.1) is 22.7 Å². The Balaban J connectivity index is 0.000000229. The molecule has 0 radical (unpaired) electrons.